The molecular weight excluding hydrogens is 276 g/mol. The number of aromatic nitrogens is 1. The van der Waals surface area contributed by atoms with Gasteiger partial charge in [0.2, 0.25) is 5.91 Å². The molecule has 1 aliphatic rings. The molecule has 0 bridgehead atoms. The van der Waals surface area contributed by atoms with Gasteiger partial charge in [0.15, 0.2) is 0 Å². The molecule has 3 amide bonds. The van der Waals surface area contributed by atoms with Crippen molar-refractivity contribution >= 4 is 17.9 Å². The molecule has 0 spiro atoms. The van der Waals surface area contributed by atoms with Crippen LogP contribution in [-0.4, -0.2) is 52.0 Å². The minimum absolute atomic E-state index is 0.284. The molecule has 8 nitrogen and oxygen atoms in total. The van der Waals surface area contributed by atoms with Crippen LogP contribution in [0, 0.1) is 0 Å². The van der Waals surface area contributed by atoms with Crippen LogP contribution in [0.15, 0.2) is 24.5 Å². The standard InChI is InChI=1S/C13H16N4O4/c18-11(19)7-10-12(20)15-5-6-17(10)13(21)16-8-9-1-3-14-4-2-9/h1-4,10H,5-8H2,(H,15,20)(H,16,21)(H,18,19). The average molecular weight is 292 g/mol. The van der Waals surface area contributed by atoms with E-state index in [1.54, 1.807) is 24.5 Å². The van der Waals surface area contributed by atoms with Gasteiger partial charge in [-0.15, -0.1) is 0 Å². The molecule has 1 aliphatic heterocycles. The van der Waals surface area contributed by atoms with E-state index in [0.29, 0.717) is 13.1 Å². The highest BCUT2D eigenvalue weighted by Crippen LogP contribution is 2.09. The second kappa shape index (κ2) is 6.69. The van der Waals surface area contributed by atoms with Crippen molar-refractivity contribution in [3.63, 3.8) is 0 Å². The lowest BCUT2D eigenvalue weighted by Crippen LogP contribution is -2.59. The van der Waals surface area contributed by atoms with Gasteiger partial charge in [0.05, 0.1) is 6.42 Å². The summed E-state index contributed by atoms with van der Waals surface area (Å²) in [6, 6.07) is 2.09. The molecule has 3 N–H and O–H groups in total. The van der Waals surface area contributed by atoms with Crippen molar-refractivity contribution < 1.29 is 19.5 Å². The summed E-state index contributed by atoms with van der Waals surface area (Å²) in [5.74, 6) is -1.56. The summed E-state index contributed by atoms with van der Waals surface area (Å²) in [7, 11) is 0. The minimum atomic E-state index is -1.12. The van der Waals surface area contributed by atoms with E-state index in [-0.39, 0.29) is 6.54 Å². The normalized spacial score (nSPS) is 18.0. The first-order valence-electron chi connectivity index (χ1n) is 6.51. The van der Waals surface area contributed by atoms with Crippen LogP contribution in [0.3, 0.4) is 0 Å². The van der Waals surface area contributed by atoms with Crippen molar-refractivity contribution in [1.29, 1.82) is 0 Å². The van der Waals surface area contributed by atoms with Gasteiger partial charge >= 0.3 is 12.0 Å². The maximum atomic E-state index is 12.1. The van der Waals surface area contributed by atoms with E-state index in [2.05, 4.69) is 15.6 Å². The summed E-state index contributed by atoms with van der Waals surface area (Å²) in [4.78, 5) is 39.8. The first-order valence-corrected chi connectivity index (χ1v) is 6.51. The molecule has 0 saturated carbocycles. The number of carboxylic acid groups (broad SMARTS) is 1. The Labute approximate surface area is 121 Å². The Balaban J connectivity index is 1.98. The fourth-order valence-electron chi connectivity index (χ4n) is 2.11. The van der Waals surface area contributed by atoms with Crippen LogP contribution in [0.5, 0.6) is 0 Å². The summed E-state index contributed by atoms with van der Waals surface area (Å²) in [5, 5.41) is 14.1. The number of urea groups is 1. The summed E-state index contributed by atoms with van der Waals surface area (Å²) >= 11 is 0. The van der Waals surface area contributed by atoms with E-state index in [1.807, 2.05) is 0 Å². The highest BCUT2D eigenvalue weighted by atomic mass is 16.4. The fourth-order valence-corrected chi connectivity index (χ4v) is 2.11. The van der Waals surface area contributed by atoms with E-state index < -0.39 is 30.4 Å². The summed E-state index contributed by atoms with van der Waals surface area (Å²) in [6.45, 7) is 0.892. The second-order valence-electron chi connectivity index (χ2n) is 4.61. The molecule has 0 radical (unpaired) electrons. The molecule has 1 aromatic rings. The molecule has 1 unspecified atom stereocenters. The van der Waals surface area contributed by atoms with Crippen LogP contribution in [0.4, 0.5) is 4.79 Å². The Morgan fingerprint density at radius 3 is 2.81 bits per heavy atom. The molecule has 1 saturated heterocycles. The Bertz CT molecular complexity index is 534. The molecule has 1 fully saturated rings. The van der Waals surface area contributed by atoms with Gasteiger partial charge in [-0.25, -0.2) is 4.79 Å². The van der Waals surface area contributed by atoms with Crippen molar-refractivity contribution in [1.82, 2.24) is 20.5 Å². The number of carbonyl (C=O) groups is 3. The Kier molecular flexibility index (Phi) is 4.70. The molecule has 0 aliphatic carbocycles. The Morgan fingerprint density at radius 2 is 2.14 bits per heavy atom. The third-order valence-electron chi connectivity index (χ3n) is 3.15. The van der Waals surface area contributed by atoms with Crippen LogP contribution in [0.25, 0.3) is 0 Å². The SMILES string of the molecule is O=C(O)CC1C(=O)NCCN1C(=O)NCc1ccncc1. The molecule has 21 heavy (non-hydrogen) atoms. The van der Waals surface area contributed by atoms with Crippen LogP contribution in [0.1, 0.15) is 12.0 Å². The highest BCUT2D eigenvalue weighted by Gasteiger charge is 2.34. The lowest BCUT2D eigenvalue weighted by molar-refractivity contribution is -0.142. The molecule has 1 aromatic heterocycles. The number of rotatable bonds is 4. The predicted molar refractivity (Wildman–Crippen MR) is 72.2 cm³/mol. The third kappa shape index (κ3) is 3.91. The van der Waals surface area contributed by atoms with Crippen molar-refractivity contribution in [2.45, 2.75) is 19.0 Å². The number of carboxylic acids is 1. The van der Waals surface area contributed by atoms with E-state index >= 15 is 0 Å². The van der Waals surface area contributed by atoms with E-state index in [1.165, 1.54) is 4.90 Å². The quantitative estimate of drug-likeness (QED) is 0.697. The number of carbonyl (C=O) groups excluding carboxylic acids is 2. The van der Waals surface area contributed by atoms with Gasteiger partial charge in [-0.05, 0) is 17.7 Å². The van der Waals surface area contributed by atoms with Crippen LogP contribution >= 0.6 is 0 Å². The summed E-state index contributed by atoms with van der Waals surface area (Å²) in [5.41, 5.74) is 0.870. The molecule has 2 rings (SSSR count). The lowest BCUT2D eigenvalue weighted by atomic mass is 10.1. The topological polar surface area (TPSA) is 112 Å². The monoisotopic (exact) mass is 292 g/mol. The van der Waals surface area contributed by atoms with Crippen LogP contribution in [-0.2, 0) is 16.1 Å². The molecular formula is C13H16N4O4. The zero-order valence-electron chi connectivity index (χ0n) is 11.3. The Morgan fingerprint density at radius 1 is 1.43 bits per heavy atom. The number of hydrogen-bond acceptors (Lipinski definition) is 4. The molecule has 8 heteroatoms. The van der Waals surface area contributed by atoms with Crippen molar-refractivity contribution in [2.24, 2.45) is 0 Å². The summed E-state index contributed by atoms with van der Waals surface area (Å²) < 4.78 is 0. The zero-order chi connectivity index (χ0) is 15.2. The second-order valence-corrected chi connectivity index (χ2v) is 4.61. The van der Waals surface area contributed by atoms with Crippen molar-refractivity contribution in [3.8, 4) is 0 Å². The number of hydrogen-bond donors (Lipinski definition) is 3. The maximum Gasteiger partial charge on any atom is 0.318 e. The number of piperazine rings is 1. The third-order valence-corrected chi connectivity index (χ3v) is 3.15. The van der Waals surface area contributed by atoms with E-state index in [0.717, 1.165) is 5.56 Å². The smallest absolute Gasteiger partial charge is 0.318 e. The number of nitrogens with one attached hydrogen (secondary N) is 2. The van der Waals surface area contributed by atoms with Crippen LogP contribution in [0.2, 0.25) is 0 Å². The molecule has 1 atom stereocenters. The predicted octanol–water partition coefficient (Wildman–Crippen LogP) is -0.434. The number of nitrogens with zero attached hydrogens (tertiary/aromatic N) is 2. The maximum absolute atomic E-state index is 12.1. The van der Waals surface area contributed by atoms with E-state index in [9.17, 15) is 14.4 Å². The van der Waals surface area contributed by atoms with Gasteiger partial charge in [0, 0.05) is 32.0 Å². The van der Waals surface area contributed by atoms with Gasteiger partial charge < -0.3 is 20.6 Å². The Hall–Kier alpha value is -2.64. The first kappa shape index (κ1) is 14.8. The van der Waals surface area contributed by atoms with Gasteiger partial charge in [-0.1, -0.05) is 0 Å². The van der Waals surface area contributed by atoms with Crippen LogP contribution < -0.4 is 10.6 Å². The first-order chi connectivity index (χ1) is 10.1. The van der Waals surface area contributed by atoms with Gasteiger partial charge in [0.1, 0.15) is 6.04 Å². The van der Waals surface area contributed by atoms with Gasteiger partial charge in [-0.3, -0.25) is 14.6 Å². The largest absolute Gasteiger partial charge is 0.481 e. The molecule has 0 aromatic carbocycles. The molecule has 112 valence electrons. The highest BCUT2D eigenvalue weighted by molar-refractivity contribution is 5.91. The minimum Gasteiger partial charge on any atom is -0.481 e. The number of aliphatic carboxylic acids is 1. The zero-order valence-corrected chi connectivity index (χ0v) is 11.3. The average Bonchev–Trinajstić information content (AvgIpc) is 2.47. The van der Waals surface area contributed by atoms with Gasteiger partial charge in [-0.2, -0.15) is 0 Å². The van der Waals surface area contributed by atoms with Crippen molar-refractivity contribution in [2.75, 3.05) is 13.1 Å². The molecule has 2 heterocycles. The van der Waals surface area contributed by atoms with Gasteiger partial charge in [0.25, 0.3) is 0 Å². The lowest BCUT2D eigenvalue weighted by Gasteiger charge is -2.34. The number of amides is 3. The fraction of sp³-hybridized carbons (Fsp3) is 0.385. The van der Waals surface area contributed by atoms with E-state index in [4.69, 9.17) is 5.11 Å². The van der Waals surface area contributed by atoms with Crippen molar-refractivity contribution in [3.05, 3.63) is 30.1 Å². The number of pyridine rings is 1. The summed E-state index contributed by atoms with van der Waals surface area (Å²) in [6.07, 6.45) is 2.82.